The first-order chi connectivity index (χ1) is 8.86. The minimum atomic E-state index is -0.925. The third kappa shape index (κ3) is 3.92. The lowest BCUT2D eigenvalue weighted by Gasteiger charge is -2.38. The van der Waals surface area contributed by atoms with E-state index in [4.69, 9.17) is 0 Å². The van der Waals surface area contributed by atoms with Crippen LogP contribution in [0.15, 0.2) is 0 Å². The Balaban J connectivity index is 2.72. The molecule has 0 saturated carbocycles. The van der Waals surface area contributed by atoms with Crippen LogP contribution in [0, 0.1) is 5.92 Å². The maximum absolute atomic E-state index is 11.9. The van der Waals surface area contributed by atoms with E-state index in [-0.39, 0.29) is 0 Å². The summed E-state index contributed by atoms with van der Waals surface area (Å²) in [7, 11) is 1.41. The van der Waals surface area contributed by atoms with E-state index in [0.29, 0.717) is 18.9 Å². The fourth-order valence-corrected chi connectivity index (χ4v) is 2.30. The summed E-state index contributed by atoms with van der Waals surface area (Å²) < 4.78 is 0. The molecular weight excluding hydrogens is 250 g/mol. The van der Waals surface area contributed by atoms with Crippen molar-refractivity contribution in [3.8, 4) is 0 Å². The van der Waals surface area contributed by atoms with Crippen LogP contribution in [0.2, 0.25) is 0 Å². The van der Waals surface area contributed by atoms with Crippen LogP contribution >= 0.6 is 0 Å². The molecule has 0 radical (unpaired) electrons. The van der Waals surface area contributed by atoms with Crippen LogP contribution in [0.3, 0.4) is 0 Å². The van der Waals surface area contributed by atoms with Crippen molar-refractivity contribution in [3.63, 3.8) is 0 Å². The molecular formula is C12H21N3O4. The lowest BCUT2D eigenvalue weighted by molar-refractivity contribution is -0.147. The summed E-state index contributed by atoms with van der Waals surface area (Å²) in [6.07, 6.45) is 1.37. The molecule has 1 rings (SSSR count). The third-order valence-electron chi connectivity index (χ3n) is 3.53. The molecule has 1 fully saturated rings. The van der Waals surface area contributed by atoms with Gasteiger partial charge in [0.05, 0.1) is 6.04 Å². The van der Waals surface area contributed by atoms with Crippen LogP contribution in [0.5, 0.6) is 0 Å². The molecule has 0 bridgehead atoms. The second-order valence-electron chi connectivity index (χ2n) is 4.97. The number of piperidine rings is 1. The quantitative estimate of drug-likeness (QED) is 0.672. The molecule has 3 N–H and O–H groups in total. The average molecular weight is 271 g/mol. The van der Waals surface area contributed by atoms with Crippen molar-refractivity contribution >= 4 is 17.9 Å². The van der Waals surface area contributed by atoms with Gasteiger partial charge in [-0.2, -0.15) is 0 Å². The van der Waals surface area contributed by atoms with Gasteiger partial charge in [-0.25, -0.2) is 4.79 Å². The van der Waals surface area contributed by atoms with E-state index in [2.05, 4.69) is 10.6 Å². The van der Waals surface area contributed by atoms with Crippen molar-refractivity contribution in [3.05, 3.63) is 0 Å². The average Bonchev–Trinajstić information content (AvgIpc) is 2.37. The molecule has 3 unspecified atom stereocenters. The molecule has 1 aliphatic heterocycles. The second kappa shape index (κ2) is 6.51. The molecule has 0 spiro atoms. The molecule has 1 heterocycles. The van der Waals surface area contributed by atoms with Gasteiger partial charge in [0.1, 0.15) is 6.04 Å². The number of aliphatic carboxylic acids is 1. The molecule has 19 heavy (non-hydrogen) atoms. The Morgan fingerprint density at radius 2 is 2.00 bits per heavy atom. The number of urea groups is 1. The van der Waals surface area contributed by atoms with Crippen molar-refractivity contribution in [1.82, 2.24) is 15.5 Å². The first-order valence-corrected chi connectivity index (χ1v) is 6.38. The monoisotopic (exact) mass is 271 g/mol. The Bertz CT molecular complexity index is 372. The number of carbonyl (C=O) groups excluding carboxylic acids is 2. The molecule has 3 atom stereocenters. The van der Waals surface area contributed by atoms with Crippen LogP contribution in [0.1, 0.15) is 26.7 Å². The summed E-state index contributed by atoms with van der Waals surface area (Å²) >= 11 is 0. The number of hydrogen-bond donors (Lipinski definition) is 3. The van der Waals surface area contributed by atoms with Gasteiger partial charge in [-0.15, -0.1) is 0 Å². The first kappa shape index (κ1) is 15.4. The third-order valence-corrected chi connectivity index (χ3v) is 3.53. The van der Waals surface area contributed by atoms with E-state index < -0.39 is 30.0 Å². The van der Waals surface area contributed by atoms with Crippen LogP contribution in [-0.2, 0) is 9.59 Å². The SMILES string of the molecule is CNC(=O)NC(=O)C(C)N1CCC(C)CC1C(=O)O. The molecule has 7 nitrogen and oxygen atoms in total. The van der Waals surface area contributed by atoms with Gasteiger partial charge in [-0.1, -0.05) is 6.92 Å². The topological polar surface area (TPSA) is 98.7 Å². The van der Waals surface area contributed by atoms with Crippen LogP contribution in [-0.4, -0.2) is 53.6 Å². The molecule has 0 aromatic rings. The van der Waals surface area contributed by atoms with E-state index in [1.165, 1.54) is 7.05 Å². The van der Waals surface area contributed by atoms with Gasteiger partial charge in [-0.3, -0.25) is 19.8 Å². The number of carbonyl (C=O) groups is 3. The van der Waals surface area contributed by atoms with E-state index in [1.54, 1.807) is 11.8 Å². The van der Waals surface area contributed by atoms with Crippen molar-refractivity contribution in [1.29, 1.82) is 0 Å². The van der Waals surface area contributed by atoms with Gasteiger partial charge >= 0.3 is 12.0 Å². The summed E-state index contributed by atoms with van der Waals surface area (Å²) in [4.78, 5) is 35.9. The molecule has 3 amide bonds. The number of nitrogens with one attached hydrogen (secondary N) is 2. The minimum Gasteiger partial charge on any atom is -0.480 e. The van der Waals surface area contributed by atoms with Gasteiger partial charge in [0.2, 0.25) is 5.91 Å². The number of amides is 3. The maximum Gasteiger partial charge on any atom is 0.321 e. The smallest absolute Gasteiger partial charge is 0.321 e. The van der Waals surface area contributed by atoms with Crippen molar-refractivity contribution in [2.24, 2.45) is 5.92 Å². The Hall–Kier alpha value is -1.63. The van der Waals surface area contributed by atoms with Gasteiger partial charge in [-0.05, 0) is 25.7 Å². The molecule has 0 aliphatic carbocycles. The van der Waals surface area contributed by atoms with Gasteiger partial charge in [0, 0.05) is 13.6 Å². The zero-order valence-corrected chi connectivity index (χ0v) is 11.5. The number of likely N-dealkylation sites (tertiary alicyclic amines) is 1. The van der Waals surface area contributed by atoms with Crippen LogP contribution in [0.25, 0.3) is 0 Å². The lowest BCUT2D eigenvalue weighted by atomic mass is 9.91. The van der Waals surface area contributed by atoms with Crippen LogP contribution < -0.4 is 10.6 Å². The molecule has 0 aromatic heterocycles. The molecule has 1 saturated heterocycles. The second-order valence-corrected chi connectivity index (χ2v) is 4.97. The highest BCUT2D eigenvalue weighted by Gasteiger charge is 2.37. The number of nitrogens with zero attached hydrogens (tertiary/aromatic N) is 1. The highest BCUT2D eigenvalue weighted by Crippen LogP contribution is 2.24. The van der Waals surface area contributed by atoms with E-state index >= 15 is 0 Å². The van der Waals surface area contributed by atoms with Gasteiger partial charge in [0.15, 0.2) is 0 Å². The summed E-state index contributed by atoms with van der Waals surface area (Å²) in [6.45, 7) is 4.16. The zero-order chi connectivity index (χ0) is 14.6. The van der Waals surface area contributed by atoms with Crippen LogP contribution in [0.4, 0.5) is 4.79 Å². The van der Waals surface area contributed by atoms with Crippen molar-refractivity contribution in [2.75, 3.05) is 13.6 Å². The summed E-state index contributed by atoms with van der Waals surface area (Å²) in [5.41, 5.74) is 0. The fraction of sp³-hybridized carbons (Fsp3) is 0.750. The number of hydrogen-bond acceptors (Lipinski definition) is 4. The number of carboxylic acid groups (broad SMARTS) is 1. The Kier molecular flexibility index (Phi) is 5.29. The summed E-state index contributed by atoms with van der Waals surface area (Å²) in [6, 6.07) is -1.91. The standard InChI is InChI=1S/C12H21N3O4/c1-7-4-5-15(9(6-7)11(17)18)8(2)10(16)14-12(19)13-3/h7-9H,4-6H2,1-3H3,(H,17,18)(H2,13,14,16,19). The summed E-state index contributed by atoms with van der Waals surface area (Å²) in [5.74, 6) is -1.09. The Morgan fingerprint density at radius 1 is 1.37 bits per heavy atom. The number of imide groups is 1. The number of rotatable bonds is 3. The van der Waals surface area contributed by atoms with E-state index in [1.807, 2.05) is 6.92 Å². The predicted molar refractivity (Wildman–Crippen MR) is 68.6 cm³/mol. The zero-order valence-electron chi connectivity index (χ0n) is 11.5. The molecule has 108 valence electrons. The Labute approximate surface area is 112 Å². The normalized spacial score (nSPS) is 25.4. The summed E-state index contributed by atoms with van der Waals surface area (Å²) in [5, 5.41) is 13.7. The van der Waals surface area contributed by atoms with E-state index in [0.717, 1.165) is 6.42 Å². The van der Waals surface area contributed by atoms with E-state index in [9.17, 15) is 19.5 Å². The maximum atomic E-state index is 11.9. The molecule has 1 aliphatic rings. The number of carboxylic acids is 1. The molecule has 7 heteroatoms. The van der Waals surface area contributed by atoms with Gasteiger partial charge in [0.25, 0.3) is 0 Å². The largest absolute Gasteiger partial charge is 0.480 e. The lowest BCUT2D eigenvalue weighted by Crippen LogP contribution is -2.56. The fourth-order valence-electron chi connectivity index (χ4n) is 2.30. The molecule has 0 aromatic carbocycles. The van der Waals surface area contributed by atoms with Crippen molar-refractivity contribution in [2.45, 2.75) is 38.8 Å². The first-order valence-electron chi connectivity index (χ1n) is 6.38. The van der Waals surface area contributed by atoms with Crippen molar-refractivity contribution < 1.29 is 19.5 Å². The minimum absolute atomic E-state index is 0.326. The predicted octanol–water partition coefficient (Wildman–Crippen LogP) is 0.0156. The highest BCUT2D eigenvalue weighted by molar-refractivity contribution is 5.96. The Morgan fingerprint density at radius 3 is 2.53 bits per heavy atom. The highest BCUT2D eigenvalue weighted by atomic mass is 16.4. The van der Waals surface area contributed by atoms with Gasteiger partial charge < -0.3 is 10.4 Å².